The first-order chi connectivity index (χ1) is 19.1. The molecule has 0 atom stereocenters. The summed E-state index contributed by atoms with van der Waals surface area (Å²) in [6.45, 7) is 11.2. The maximum Gasteiger partial charge on any atom is 0.119 e. The lowest BCUT2D eigenvalue weighted by Crippen LogP contribution is -2.41. The molecule has 0 N–H and O–H groups in total. The predicted molar refractivity (Wildman–Crippen MR) is 173 cm³/mol. The van der Waals surface area contributed by atoms with Crippen LogP contribution in [-0.4, -0.2) is 44.9 Å². The molecule has 0 bridgehead atoms. The standard InChI is InChI=1S/C34H46Br2NO3/c1-6-7-8-19-34(2,3)29-12-16-30(17-13-29)39-23-22-38-21-20-37(4,5)25-27-9-14-31(15-10-27)40-26-28-11-18-32(35)33(36)24-28/h9-18,24H,6-8,19-23,25-26H2,1-5H3/q+1. The van der Waals surface area contributed by atoms with Crippen molar-refractivity contribution in [3.63, 3.8) is 0 Å². The Morgan fingerprint density at radius 1 is 0.725 bits per heavy atom. The number of nitrogens with zero attached hydrogens (tertiary/aromatic N) is 1. The number of quaternary nitrogens is 1. The van der Waals surface area contributed by atoms with Gasteiger partial charge in [0, 0.05) is 14.5 Å². The molecule has 3 aromatic rings. The molecule has 0 saturated heterocycles. The summed E-state index contributed by atoms with van der Waals surface area (Å²) in [5.41, 5.74) is 3.99. The third kappa shape index (κ3) is 11.2. The van der Waals surface area contributed by atoms with Gasteiger partial charge in [-0.15, -0.1) is 0 Å². The van der Waals surface area contributed by atoms with Crippen LogP contribution in [0, 0.1) is 0 Å². The zero-order valence-electron chi connectivity index (χ0n) is 24.8. The Bertz CT molecular complexity index is 1160. The normalized spacial score (nSPS) is 12.0. The second-order valence-corrected chi connectivity index (χ2v) is 13.5. The molecule has 3 rings (SSSR count). The molecule has 0 aliphatic heterocycles. The van der Waals surface area contributed by atoms with Gasteiger partial charge < -0.3 is 18.7 Å². The van der Waals surface area contributed by atoms with Gasteiger partial charge in [-0.2, -0.15) is 0 Å². The number of benzene rings is 3. The van der Waals surface area contributed by atoms with Gasteiger partial charge in [0.2, 0.25) is 0 Å². The summed E-state index contributed by atoms with van der Waals surface area (Å²) < 4.78 is 20.7. The molecule has 0 fully saturated rings. The van der Waals surface area contributed by atoms with Crippen molar-refractivity contribution in [3.05, 3.63) is 92.4 Å². The average Bonchev–Trinajstić information content (AvgIpc) is 2.92. The van der Waals surface area contributed by atoms with E-state index in [0.717, 1.165) is 43.6 Å². The van der Waals surface area contributed by atoms with E-state index in [1.165, 1.54) is 36.8 Å². The number of hydrogen-bond acceptors (Lipinski definition) is 3. The second kappa shape index (κ2) is 16.0. The lowest BCUT2D eigenvalue weighted by atomic mass is 9.80. The number of hydrogen-bond donors (Lipinski definition) is 0. The van der Waals surface area contributed by atoms with Gasteiger partial charge >= 0.3 is 0 Å². The monoisotopic (exact) mass is 674 g/mol. The first-order valence-corrected chi connectivity index (χ1v) is 16.0. The summed E-state index contributed by atoms with van der Waals surface area (Å²) in [4.78, 5) is 0. The minimum atomic E-state index is 0.204. The fourth-order valence-corrected chi connectivity index (χ4v) is 5.33. The van der Waals surface area contributed by atoms with Crippen molar-refractivity contribution in [1.82, 2.24) is 0 Å². The van der Waals surface area contributed by atoms with Crippen molar-refractivity contribution in [2.24, 2.45) is 0 Å². The van der Waals surface area contributed by atoms with Gasteiger partial charge in [0.25, 0.3) is 0 Å². The van der Waals surface area contributed by atoms with Crippen molar-refractivity contribution < 1.29 is 18.7 Å². The molecule has 0 aromatic heterocycles. The van der Waals surface area contributed by atoms with Crippen molar-refractivity contribution in [1.29, 1.82) is 0 Å². The summed E-state index contributed by atoms with van der Waals surface area (Å²) in [6.07, 6.45) is 5.06. The Morgan fingerprint density at radius 2 is 1.38 bits per heavy atom. The van der Waals surface area contributed by atoms with E-state index in [-0.39, 0.29) is 5.41 Å². The van der Waals surface area contributed by atoms with Gasteiger partial charge in [-0.3, -0.25) is 0 Å². The Labute approximate surface area is 258 Å². The zero-order chi connectivity index (χ0) is 29.0. The van der Waals surface area contributed by atoms with Crippen LogP contribution in [0.25, 0.3) is 0 Å². The minimum Gasteiger partial charge on any atom is -0.491 e. The van der Waals surface area contributed by atoms with Crippen LogP contribution in [0.1, 0.15) is 63.1 Å². The number of likely N-dealkylation sites (N-methyl/N-ethyl adjacent to an activating group) is 1. The summed E-state index contributed by atoms with van der Waals surface area (Å²) in [7, 11) is 4.47. The van der Waals surface area contributed by atoms with Gasteiger partial charge in [0.1, 0.15) is 37.8 Å². The molecule has 0 radical (unpaired) electrons. The SMILES string of the molecule is CCCCCC(C)(C)c1ccc(OCCOCC[N+](C)(C)Cc2ccc(OCc3ccc(Br)c(Br)c3)cc2)cc1. The van der Waals surface area contributed by atoms with Crippen molar-refractivity contribution in [3.8, 4) is 11.5 Å². The molecular formula is C34H46Br2NO3+. The topological polar surface area (TPSA) is 27.7 Å². The van der Waals surface area contributed by atoms with Gasteiger partial charge in [0.15, 0.2) is 0 Å². The van der Waals surface area contributed by atoms with E-state index < -0.39 is 0 Å². The number of ether oxygens (including phenoxy) is 3. The Hall–Kier alpha value is -1.86. The highest BCUT2D eigenvalue weighted by molar-refractivity contribution is 9.13. The number of rotatable bonds is 17. The highest BCUT2D eigenvalue weighted by Crippen LogP contribution is 2.30. The van der Waals surface area contributed by atoms with E-state index in [1.54, 1.807) is 0 Å². The summed E-state index contributed by atoms with van der Waals surface area (Å²) in [6, 6.07) is 23.2. The third-order valence-corrected chi connectivity index (χ3v) is 9.18. The van der Waals surface area contributed by atoms with Crippen molar-refractivity contribution in [2.45, 2.75) is 65.0 Å². The Morgan fingerprint density at radius 3 is 2.05 bits per heavy atom. The van der Waals surface area contributed by atoms with Gasteiger partial charge in [-0.25, -0.2) is 0 Å². The maximum atomic E-state index is 5.97. The molecule has 0 unspecified atom stereocenters. The van der Waals surface area contributed by atoms with E-state index in [9.17, 15) is 0 Å². The second-order valence-electron chi connectivity index (χ2n) is 11.8. The Balaban J connectivity index is 1.32. The molecule has 3 aromatic carbocycles. The lowest BCUT2D eigenvalue weighted by Gasteiger charge is -2.29. The average molecular weight is 677 g/mol. The molecule has 218 valence electrons. The van der Waals surface area contributed by atoms with E-state index in [0.29, 0.717) is 26.4 Å². The molecular weight excluding hydrogens is 630 g/mol. The number of halogens is 2. The fraction of sp³-hybridized carbons (Fsp3) is 0.471. The molecule has 6 heteroatoms. The first kappa shape index (κ1) is 32.7. The van der Waals surface area contributed by atoms with E-state index in [4.69, 9.17) is 14.2 Å². The van der Waals surface area contributed by atoms with E-state index in [1.807, 2.05) is 6.07 Å². The van der Waals surface area contributed by atoms with E-state index in [2.05, 4.69) is 127 Å². The maximum absolute atomic E-state index is 5.97. The summed E-state index contributed by atoms with van der Waals surface area (Å²) in [5, 5.41) is 0. The molecule has 40 heavy (non-hydrogen) atoms. The van der Waals surface area contributed by atoms with Crippen LogP contribution in [-0.2, 0) is 23.3 Å². The molecule has 0 heterocycles. The molecule has 0 amide bonds. The van der Waals surface area contributed by atoms with Gasteiger partial charge in [0.05, 0.1) is 27.3 Å². The number of unbranched alkanes of at least 4 members (excludes halogenated alkanes) is 2. The fourth-order valence-electron chi connectivity index (χ4n) is 4.66. The quantitative estimate of drug-likeness (QED) is 0.105. The highest BCUT2D eigenvalue weighted by Gasteiger charge is 2.20. The van der Waals surface area contributed by atoms with Gasteiger partial charge in [-0.05, 0) is 103 Å². The van der Waals surface area contributed by atoms with Gasteiger partial charge in [-0.1, -0.05) is 58.2 Å². The van der Waals surface area contributed by atoms with Crippen LogP contribution >= 0.6 is 31.9 Å². The van der Waals surface area contributed by atoms with Crippen molar-refractivity contribution >= 4 is 31.9 Å². The summed E-state index contributed by atoms with van der Waals surface area (Å²) in [5.74, 6) is 1.78. The molecule has 0 aliphatic rings. The predicted octanol–water partition coefficient (Wildman–Crippen LogP) is 9.32. The van der Waals surface area contributed by atoms with Crippen LogP contribution < -0.4 is 9.47 Å². The van der Waals surface area contributed by atoms with Crippen LogP contribution in [0.3, 0.4) is 0 Å². The highest BCUT2D eigenvalue weighted by atomic mass is 79.9. The van der Waals surface area contributed by atoms with Crippen LogP contribution in [0.15, 0.2) is 75.7 Å². The van der Waals surface area contributed by atoms with Crippen LogP contribution in [0.5, 0.6) is 11.5 Å². The van der Waals surface area contributed by atoms with Crippen LogP contribution in [0.4, 0.5) is 0 Å². The van der Waals surface area contributed by atoms with Crippen LogP contribution in [0.2, 0.25) is 0 Å². The Kier molecular flexibility index (Phi) is 13.0. The minimum absolute atomic E-state index is 0.204. The largest absolute Gasteiger partial charge is 0.491 e. The molecule has 0 spiro atoms. The van der Waals surface area contributed by atoms with Crippen molar-refractivity contribution in [2.75, 3.05) is 40.5 Å². The first-order valence-electron chi connectivity index (χ1n) is 14.4. The lowest BCUT2D eigenvalue weighted by molar-refractivity contribution is -0.904. The molecule has 0 saturated carbocycles. The third-order valence-electron chi connectivity index (χ3n) is 7.30. The molecule has 0 aliphatic carbocycles. The smallest absolute Gasteiger partial charge is 0.119 e. The van der Waals surface area contributed by atoms with E-state index >= 15 is 0 Å². The summed E-state index contributed by atoms with van der Waals surface area (Å²) >= 11 is 7.05. The molecule has 4 nitrogen and oxygen atoms in total. The zero-order valence-corrected chi connectivity index (χ0v) is 28.0.